The molecule has 0 aliphatic rings. The molecule has 3 heteroatoms. The first-order chi connectivity index (χ1) is 7.05. The van der Waals surface area contributed by atoms with Gasteiger partial charge in [-0.3, -0.25) is 0 Å². The molecule has 2 aromatic rings. The van der Waals surface area contributed by atoms with Crippen molar-refractivity contribution in [3.05, 3.63) is 40.6 Å². The molecule has 2 rings (SSSR count). The van der Waals surface area contributed by atoms with E-state index in [-0.39, 0.29) is 5.41 Å². The fourth-order valence-corrected chi connectivity index (χ4v) is 2.39. The summed E-state index contributed by atoms with van der Waals surface area (Å²) >= 11 is 1.74. The second-order valence-electron chi connectivity index (χ2n) is 4.73. The maximum absolute atomic E-state index is 4.65. The maximum atomic E-state index is 4.65. The minimum Gasteiger partial charge on any atom is -0.347 e. The molecule has 0 aromatic carbocycles. The molecule has 0 aliphatic heterocycles. The minimum absolute atomic E-state index is 0.158. The van der Waals surface area contributed by atoms with Crippen molar-refractivity contribution in [2.24, 2.45) is 0 Å². The Labute approximate surface area is 94.6 Å². The molecule has 0 saturated carbocycles. The lowest BCUT2D eigenvalue weighted by atomic mass is 9.93. The summed E-state index contributed by atoms with van der Waals surface area (Å²) in [6.07, 6.45) is 4.14. The monoisotopic (exact) mass is 220 g/mol. The van der Waals surface area contributed by atoms with E-state index in [1.54, 1.807) is 11.3 Å². The fraction of sp³-hybridized carbons (Fsp3) is 0.417. The van der Waals surface area contributed by atoms with Crippen LogP contribution in [0.5, 0.6) is 0 Å². The van der Waals surface area contributed by atoms with Gasteiger partial charge in [-0.1, -0.05) is 20.8 Å². The van der Waals surface area contributed by atoms with E-state index < -0.39 is 0 Å². The van der Waals surface area contributed by atoms with Gasteiger partial charge in [-0.15, -0.1) is 11.3 Å². The van der Waals surface area contributed by atoms with E-state index in [0.717, 1.165) is 6.54 Å². The van der Waals surface area contributed by atoms with E-state index in [1.165, 1.54) is 10.7 Å². The van der Waals surface area contributed by atoms with Gasteiger partial charge in [0, 0.05) is 23.2 Å². The Morgan fingerprint density at radius 3 is 2.47 bits per heavy atom. The van der Waals surface area contributed by atoms with Crippen molar-refractivity contribution >= 4 is 11.3 Å². The number of hydrogen-bond acceptors (Lipinski definition) is 2. The summed E-state index contributed by atoms with van der Waals surface area (Å²) in [7, 11) is 0. The normalized spacial score (nSPS) is 11.9. The van der Waals surface area contributed by atoms with Crippen molar-refractivity contribution in [2.45, 2.75) is 32.7 Å². The van der Waals surface area contributed by atoms with Crippen molar-refractivity contribution in [1.29, 1.82) is 0 Å². The van der Waals surface area contributed by atoms with Crippen LogP contribution >= 0.6 is 11.3 Å². The third-order valence-corrected chi connectivity index (χ3v) is 3.14. The zero-order valence-corrected chi connectivity index (χ0v) is 10.2. The van der Waals surface area contributed by atoms with Crippen LogP contribution in [0.15, 0.2) is 29.9 Å². The average Bonchev–Trinajstić information content (AvgIpc) is 2.73. The third kappa shape index (κ3) is 2.48. The SMILES string of the molecule is CC(C)(C)c1csc(Cn2cccc2)n1. The average molecular weight is 220 g/mol. The zero-order chi connectivity index (χ0) is 10.9. The molecular weight excluding hydrogens is 204 g/mol. The van der Waals surface area contributed by atoms with Gasteiger partial charge in [-0.25, -0.2) is 4.98 Å². The van der Waals surface area contributed by atoms with E-state index in [2.05, 4.69) is 48.1 Å². The highest BCUT2D eigenvalue weighted by Crippen LogP contribution is 2.24. The summed E-state index contributed by atoms with van der Waals surface area (Å²) in [6, 6.07) is 4.08. The first kappa shape index (κ1) is 10.4. The lowest BCUT2D eigenvalue weighted by Gasteiger charge is -2.14. The van der Waals surface area contributed by atoms with Gasteiger partial charge in [0.05, 0.1) is 12.2 Å². The molecule has 0 fully saturated rings. The maximum Gasteiger partial charge on any atom is 0.113 e. The van der Waals surface area contributed by atoms with Crippen LogP contribution in [-0.2, 0) is 12.0 Å². The van der Waals surface area contributed by atoms with Gasteiger partial charge in [0.2, 0.25) is 0 Å². The first-order valence-corrected chi connectivity index (χ1v) is 5.99. The number of thiazole rings is 1. The largest absolute Gasteiger partial charge is 0.347 e. The molecule has 2 heterocycles. The van der Waals surface area contributed by atoms with Crippen LogP contribution in [0.1, 0.15) is 31.5 Å². The molecule has 0 saturated heterocycles. The van der Waals surface area contributed by atoms with E-state index in [1.807, 2.05) is 12.1 Å². The predicted molar refractivity (Wildman–Crippen MR) is 64.3 cm³/mol. The van der Waals surface area contributed by atoms with Gasteiger partial charge >= 0.3 is 0 Å². The highest BCUT2D eigenvalue weighted by Gasteiger charge is 2.17. The topological polar surface area (TPSA) is 17.8 Å². The van der Waals surface area contributed by atoms with Crippen LogP contribution in [0.3, 0.4) is 0 Å². The molecule has 0 aliphatic carbocycles. The van der Waals surface area contributed by atoms with Gasteiger partial charge < -0.3 is 4.57 Å². The Morgan fingerprint density at radius 2 is 1.93 bits per heavy atom. The summed E-state index contributed by atoms with van der Waals surface area (Å²) < 4.78 is 2.14. The summed E-state index contributed by atoms with van der Waals surface area (Å²) in [6.45, 7) is 7.47. The van der Waals surface area contributed by atoms with Crippen molar-refractivity contribution < 1.29 is 0 Å². The second kappa shape index (κ2) is 3.81. The van der Waals surface area contributed by atoms with Crippen LogP contribution in [-0.4, -0.2) is 9.55 Å². The summed E-state index contributed by atoms with van der Waals surface area (Å²) in [4.78, 5) is 4.65. The van der Waals surface area contributed by atoms with Crippen molar-refractivity contribution in [3.8, 4) is 0 Å². The minimum atomic E-state index is 0.158. The highest BCUT2D eigenvalue weighted by atomic mass is 32.1. The van der Waals surface area contributed by atoms with E-state index in [4.69, 9.17) is 0 Å². The Kier molecular flexibility index (Phi) is 2.65. The summed E-state index contributed by atoms with van der Waals surface area (Å²) in [5.74, 6) is 0. The molecule has 0 radical (unpaired) electrons. The third-order valence-electron chi connectivity index (χ3n) is 2.30. The van der Waals surface area contributed by atoms with Crippen LogP contribution in [0, 0.1) is 0 Å². The van der Waals surface area contributed by atoms with Crippen LogP contribution in [0.4, 0.5) is 0 Å². The summed E-state index contributed by atoms with van der Waals surface area (Å²) in [5.41, 5.74) is 1.35. The second-order valence-corrected chi connectivity index (χ2v) is 5.67. The fourth-order valence-electron chi connectivity index (χ4n) is 1.36. The van der Waals surface area contributed by atoms with Crippen molar-refractivity contribution in [3.63, 3.8) is 0 Å². The smallest absolute Gasteiger partial charge is 0.113 e. The Hall–Kier alpha value is -1.09. The Bertz CT molecular complexity index is 421. The molecule has 0 N–H and O–H groups in total. The van der Waals surface area contributed by atoms with E-state index >= 15 is 0 Å². The molecule has 0 unspecified atom stereocenters. The molecule has 0 amide bonds. The lowest BCUT2D eigenvalue weighted by molar-refractivity contribution is 0.569. The quantitative estimate of drug-likeness (QED) is 0.759. The van der Waals surface area contributed by atoms with Gasteiger partial charge in [0.25, 0.3) is 0 Å². The van der Waals surface area contributed by atoms with Gasteiger partial charge in [-0.05, 0) is 12.1 Å². The van der Waals surface area contributed by atoms with E-state index in [0.29, 0.717) is 0 Å². The van der Waals surface area contributed by atoms with Crippen molar-refractivity contribution in [1.82, 2.24) is 9.55 Å². The number of hydrogen-bond donors (Lipinski definition) is 0. The van der Waals surface area contributed by atoms with Gasteiger partial charge in [0.1, 0.15) is 5.01 Å². The van der Waals surface area contributed by atoms with Crippen molar-refractivity contribution in [2.75, 3.05) is 0 Å². The van der Waals surface area contributed by atoms with Crippen LogP contribution in [0.2, 0.25) is 0 Å². The number of rotatable bonds is 2. The number of nitrogens with zero attached hydrogens (tertiary/aromatic N) is 2. The Balaban J connectivity index is 2.15. The molecular formula is C12H16N2S. The molecule has 15 heavy (non-hydrogen) atoms. The molecule has 0 spiro atoms. The van der Waals surface area contributed by atoms with Crippen LogP contribution < -0.4 is 0 Å². The predicted octanol–water partition coefficient (Wildman–Crippen LogP) is 3.29. The first-order valence-electron chi connectivity index (χ1n) is 5.11. The Morgan fingerprint density at radius 1 is 1.27 bits per heavy atom. The van der Waals surface area contributed by atoms with Crippen LogP contribution in [0.25, 0.3) is 0 Å². The molecule has 0 bridgehead atoms. The lowest BCUT2D eigenvalue weighted by Crippen LogP contribution is -2.11. The molecule has 0 atom stereocenters. The highest BCUT2D eigenvalue weighted by molar-refractivity contribution is 7.09. The van der Waals surface area contributed by atoms with E-state index in [9.17, 15) is 0 Å². The summed E-state index contributed by atoms with van der Waals surface area (Å²) in [5, 5.41) is 3.34. The zero-order valence-electron chi connectivity index (χ0n) is 9.40. The van der Waals surface area contributed by atoms with Gasteiger partial charge in [-0.2, -0.15) is 0 Å². The number of aromatic nitrogens is 2. The standard InChI is InChI=1S/C12H16N2S/c1-12(2,3)10-9-15-11(13-10)8-14-6-4-5-7-14/h4-7,9H,8H2,1-3H3. The molecule has 2 nitrogen and oxygen atoms in total. The van der Waals surface area contributed by atoms with Gasteiger partial charge in [0.15, 0.2) is 0 Å². The molecule has 80 valence electrons. The molecule has 2 aromatic heterocycles.